The SMILES string of the molecule is CCCC1CC(CNC2CC2)(c2cc(C)ccc2OC)C1. The van der Waals surface area contributed by atoms with E-state index in [0.29, 0.717) is 5.41 Å². The van der Waals surface area contributed by atoms with Crippen LogP contribution < -0.4 is 10.1 Å². The minimum absolute atomic E-state index is 0.305. The molecule has 2 aliphatic carbocycles. The number of hydrogen-bond donors (Lipinski definition) is 1. The zero-order valence-electron chi connectivity index (χ0n) is 13.7. The van der Waals surface area contributed by atoms with E-state index in [2.05, 4.69) is 37.4 Å². The lowest BCUT2D eigenvalue weighted by Gasteiger charge is -2.49. The Labute approximate surface area is 129 Å². The maximum Gasteiger partial charge on any atom is 0.122 e. The highest BCUT2D eigenvalue weighted by atomic mass is 16.5. The summed E-state index contributed by atoms with van der Waals surface area (Å²) in [4.78, 5) is 0. The second-order valence-corrected chi connectivity index (χ2v) is 7.20. The summed E-state index contributed by atoms with van der Waals surface area (Å²) >= 11 is 0. The smallest absolute Gasteiger partial charge is 0.122 e. The normalized spacial score (nSPS) is 28.2. The lowest BCUT2D eigenvalue weighted by molar-refractivity contribution is 0.125. The van der Waals surface area contributed by atoms with Crippen LogP contribution in [-0.2, 0) is 5.41 Å². The van der Waals surface area contributed by atoms with Crippen molar-refractivity contribution in [3.05, 3.63) is 29.3 Å². The molecule has 0 atom stereocenters. The van der Waals surface area contributed by atoms with Crippen LogP contribution in [0.25, 0.3) is 0 Å². The summed E-state index contributed by atoms with van der Waals surface area (Å²) in [6.45, 7) is 5.61. The van der Waals surface area contributed by atoms with Gasteiger partial charge in [-0.15, -0.1) is 0 Å². The molecule has 0 radical (unpaired) electrons. The Kier molecular flexibility index (Phi) is 4.26. The number of methoxy groups -OCH3 is 1. The van der Waals surface area contributed by atoms with Crippen molar-refractivity contribution in [1.29, 1.82) is 0 Å². The van der Waals surface area contributed by atoms with Crippen LogP contribution in [0.2, 0.25) is 0 Å². The van der Waals surface area contributed by atoms with E-state index in [1.807, 2.05) is 0 Å². The minimum atomic E-state index is 0.305. The molecule has 2 fully saturated rings. The van der Waals surface area contributed by atoms with Gasteiger partial charge in [0.1, 0.15) is 5.75 Å². The first-order chi connectivity index (χ1) is 10.2. The average Bonchev–Trinajstić information content (AvgIpc) is 3.25. The second kappa shape index (κ2) is 6.00. The number of hydrogen-bond acceptors (Lipinski definition) is 2. The molecule has 2 nitrogen and oxygen atoms in total. The Morgan fingerprint density at radius 2 is 2.05 bits per heavy atom. The van der Waals surface area contributed by atoms with Crippen molar-refractivity contribution in [3.63, 3.8) is 0 Å². The molecule has 2 saturated carbocycles. The van der Waals surface area contributed by atoms with E-state index in [1.54, 1.807) is 7.11 Å². The summed E-state index contributed by atoms with van der Waals surface area (Å²) in [6.07, 6.45) is 8.04. The van der Waals surface area contributed by atoms with Crippen molar-refractivity contribution in [2.45, 2.75) is 63.8 Å². The van der Waals surface area contributed by atoms with Crippen molar-refractivity contribution in [2.24, 2.45) is 5.92 Å². The third-order valence-electron chi connectivity index (χ3n) is 5.29. The highest BCUT2D eigenvalue weighted by Crippen LogP contribution is 2.52. The lowest BCUT2D eigenvalue weighted by atomic mass is 9.57. The summed E-state index contributed by atoms with van der Waals surface area (Å²) in [5.41, 5.74) is 3.08. The van der Waals surface area contributed by atoms with E-state index in [9.17, 15) is 0 Å². The fourth-order valence-electron chi connectivity index (χ4n) is 3.98. The van der Waals surface area contributed by atoms with Gasteiger partial charge in [0.25, 0.3) is 0 Å². The van der Waals surface area contributed by atoms with Crippen LogP contribution in [-0.4, -0.2) is 19.7 Å². The van der Waals surface area contributed by atoms with Crippen LogP contribution >= 0.6 is 0 Å². The topological polar surface area (TPSA) is 21.3 Å². The van der Waals surface area contributed by atoms with Gasteiger partial charge < -0.3 is 10.1 Å². The van der Waals surface area contributed by atoms with Gasteiger partial charge >= 0.3 is 0 Å². The number of benzene rings is 1. The van der Waals surface area contributed by atoms with Gasteiger partial charge in [0, 0.05) is 23.6 Å². The third kappa shape index (κ3) is 3.11. The summed E-state index contributed by atoms with van der Waals surface area (Å²) < 4.78 is 5.67. The molecule has 1 aromatic rings. The van der Waals surface area contributed by atoms with E-state index in [4.69, 9.17) is 4.74 Å². The van der Waals surface area contributed by atoms with Crippen LogP contribution in [0.15, 0.2) is 18.2 Å². The number of nitrogens with one attached hydrogen (secondary N) is 1. The number of ether oxygens (including phenoxy) is 1. The van der Waals surface area contributed by atoms with E-state index in [0.717, 1.165) is 24.3 Å². The predicted octanol–water partition coefficient (Wildman–Crippen LogP) is 4.20. The van der Waals surface area contributed by atoms with Gasteiger partial charge in [-0.05, 0) is 44.6 Å². The Balaban J connectivity index is 1.82. The van der Waals surface area contributed by atoms with Crippen molar-refractivity contribution in [2.75, 3.05) is 13.7 Å². The molecular formula is C19H29NO. The van der Waals surface area contributed by atoms with Crippen molar-refractivity contribution in [3.8, 4) is 5.75 Å². The largest absolute Gasteiger partial charge is 0.496 e. The molecule has 0 aliphatic heterocycles. The van der Waals surface area contributed by atoms with Crippen molar-refractivity contribution in [1.82, 2.24) is 5.32 Å². The van der Waals surface area contributed by atoms with Crippen LogP contribution in [0.3, 0.4) is 0 Å². The molecule has 2 aliphatic rings. The molecule has 0 heterocycles. The van der Waals surface area contributed by atoms with Gasteiger partial charge in [-0.2, -0.15) is 0 Å². The Hall–Kier alpha value is -1.02. The fourth-order valence-corrected chi connectivity index (χ4v) is 3.98. The van der Waals surface area contributed by atoms with E-state index >= 15 is 0 Å². The maximum atomic E-state index is 5.67. The first-order valence-corrected chi connectivity index (χ1v) is 8.55. The van der Waals surface area contributed by atoms with Crippen LogP contribution in [0.4, 0.5) is 0 Å². The summed E-state index contributed by atoms with van der Waals surface area (Å²) in [5.74, 6) is 1.98. The van der Waals surface area contributed by atoms with Gasteiger partial charge in [0.2, 0.25) is 0 Å². The Morgan fingerprint density at radius 1 is 1.29 bits per heavy atom. The van der Waals surface area contributed by atoms with E-state index < -0.39 is 0 Å². The zero-order valence-corrected chi connectivity index (χ0v) is 13.7. The van der Waals surface area contributed by atoms with Gasteiger partial charge in [0.05, 0.1) is 7.11 Å². The fraction of sp³-hybridized carbons (Fsp3) is 0.684. The number of aryl methyl sites for hydroxylation is 1. The highest BCUT2D eigenvalue weighted by Gasteiger charge is 2.46. The van der Waals surface area contributed by atoms with Crippen LogP contribution in [0, 0.1) is 12.8 Å². The third-order valence-corrected chi connectivity index (χ3v) is 5.29. The standard InChI is InChI=1S/C19H29NO/c1-4-5-15-11-19(12-15,13-20-16-7-8-16)17-10-14(2)6-9-18(17)21-3/h6,9-10,15-16,20H,4-5,7-8,11-13H2,1-3H3. The van der Waals surface area contributed by atoms with Crippen molar-refractivity contribution < 1.29 is 4.74 Å². The lowest BCUT2D eigenvalue weighted by Crippen LogP contribution is -2.49. The number of rotatable bonds is 7. The van der Waals surface area contributed by atoms with E-state index in [1.165, 1.54) is 49.7 Å². The quantitative estimate of drug-likeness (QED) is 0.811. The zero-order chi connectivity index (χ0) is 14.9. The molecule has 0 saturated heterocycles. The van der Waals surface area contributed by atoms with Crippen LogP contribution in [0.1, 0.15) is 56.6 Å². The average molecular weight is 287 g/mol. The Bertz CT molecular complexity index is 486. The van der Waals surface area contributed by atoms with Gasteiger partial charge in [0.15, 0.2) is 0 Å². The molecule has 1 aromatic carbocycles. The van der Waals surface area contributed by atoms with Crippen LogP contribution in [0.5, 0.6) is 5.75 Å². The molecule has 0 spiro atoms. The highest BCUT2D eigenvalue weighted by molar-refractivity contribution is 5.44. The summed E-state index contributed by atoms with van der Waals surface area (Å²) in [5, 5.41) is 3.78. The van der Waals surface area contributed by atoms with E-state index in [-0.39, 0.29) is 0 Å². The maximum absolute atomic E-state index is 5.67. The second-order valence-electron chi connectivity index (χ2n) is 7.20. The first-order valence-electron chi connectivity index (χ1n) is 8.55. The molecule has 0 amide bonds. The van der Waals surface area contributed by atoms with Gasteiger partial charge in [-0.25, -0.2) is 0 Å². The molecule has 21 heavy (non-hydrogen) atoms. The summed E-state index contributed by atoms with van der Waals surface area (Å²) in [6, 6.07) is 7.45. The molecular weight excluding hydrogens is 258 g/mol. The van der Waals surface area contributed by atoms with Crippen molar-refractivity contribution >= 4 is 0 Å². The summed E-state index contributed by atoms with van der Waals surface area (Å²) in [7, 11) is 1.80. The monoisotopic (exact) mass is 287 g/mol. The molecule has 0 aromatic heterocycles. The first kappa shape index (κ1) is 14.9. The molecule has 0 unspecified atom stereocenters. The predicted molar refractivity (Wildman–Crippen MR) is 88.1 cm³/mol. The molecule has 2 heteroatoms. The molecule has 0 bridgehead atoms. The molecule has 3 rings (SSSR count). The molecule has 1 N–H and O–H groups in total. The Morgan fingerprint density at radius 3 is 2.67 bits per heavy atom. The van der Waals surface area contributed by atoms with Gasteiger partial charge in [-0.1, -0.05) is 37.5 Å². The minimum Gasteiger partial charge on any atom is -0.496 e. The molecule has 116 valence electrons. The van der Waals surface area contributed by atoms with Gasteiger partial charge in [-0.3, -0.25) is 0 Å².